The summed E-state index contributed by atoms with van der Waals surface area (Å²) in [6.45, 7) is 1.88. The van der Waals surface area contributed by atoms with Gasteiger partial charge in [-0.2, -0.15) is 0 Å². The molecule has 1 aromatic carbocycles. The number of anilines is 1. The summed E-state index contributed by atoms with van der Waals surface area (Å²) in [7, 11) is 0. The van der Waals surface area contributed by atoms with Gasteiger partial charge in [-0.15, -0.1) is 0 Å². The van der Waals surface area contributed by atoms with Crippen molar-refractivity contribution >= 4 is 17.4 Å². The maximum absolute atomic E-state index is 12.4. The molecule has 2 atom stereocenters. The smallest absolute Gasteiger partial charge is 0.227 e. The molecule has 0 bridgehead atoms. The summed E-state index contributed by atoms with van der Waals surface area (Å²) in [6.07, 6.45) is 3.41. The van der Waals surface area contributed by atoms with Crippen LogP contribution in [0.5, 0.6) is 0 Å². The predicted octanol–water partition coefficient (Wildman–Crippen LogP) is 2.79. The number of fused-ring (bicyclic) bond motifs is 2. The number of amides is 1. The molecule has 3 nitrogen and oxygen atoms in total. The zero-order chi connectivity index (χ0) is 12.7. The minimum Gasteiger partial charge on any atom is -0.308 e. The van der Waals surface area contributed by atoms with Gasteiger partial charge in [0.15, 0.2) is 5.78 Å². The highest BCUT2D eigenvalue weighted by Gasteiger charge is 2.44. The molecule has 3 heteroatoms. The van der Waals surface area contributed by atoms with Crippen LogP contribution in [0.15, 0.2) is 24.3 Å². The topological polar surface area (TPSA) is 37.4 Å². The molecule has 0 spiro atoms. The standard InChI is InChI=1S/C15H17NO2/c1-2-14(17)16-12-8-4-3-6-10(12)15(18)11-7-5-9-13(11)16/h3-4,6,8,11,13H,2,5,7,9H2,1H3. The maximum Gasteiger partial charge on any atom is 0.227 e. The van der Waals surface area contributed by atoms with E-state index in [0.29, 0.717) is 6.42 Å². The van der Waals surface area contributed by atoms with Crippen molar-refractivity contribution in [3.05, 3.63) is 29.8 Å². The fourth-order valence-corrected chi connectivity index (χ4v) is 3.32. The summed E-state index contributed by atoms with van der Waals surface area (Å²) in [4.78, 5) is 26.5. The van der Waals surface area contributed by atoms with E-state index in [-0.39, 0.29) is 23.7 Å². The van der Waals surface area contributed by atoms with Gasteiger partial charge in [0, 0.05) is 23.9 Å². The van der Waals surface area contributed by atoms with Gasteiger partial charge in [-0.25, -0.2) is 0 Å². The van der Waals surface area contributed by atoms with Crippen LogP contribution in [0.1, 0.15) is 43.0 Å². The molecular formula is C15H17NO2. The zero-order valence-electron chi connectivity index (χ0n) is 10.6. The first kappa shape index (κ1) is 11.5. The van der Waals surface area contributed by atoms with E-state index in [0.717, 1.165) is 30.5 Å². The highest BCUT2D eigenvalue weighted by Crippen LogP contribution is 2.41. The Kier molecular flexibility index (Phi) is 2.69. The highest BCUT2D eigenvalue weighted by atomic mass is 16.2. The van der Waals surface area contributed by atoms with Crippen molar-refractivity contribution in [3.8, 4) is 0 Å². The average Bonchev–Trinajstić information content (AvgIpc) is 2.88. The van der Waals surface area contributed by atoms with Crippen molar-refractivity contribution in [2.24, 2.45) is 5.92 Å². The molecule has 1 aromatic rings. The molecule has 1 heterocycles. The van der Waals surface area contributed by atoms with Gasteiger partial charge in [-0.3, -0.25) is 9.59 Å². The van der Waals surface area contributed by atoms with Crippen LogP contribution in [0, 0.1) is 5.92 Å². The lowest BCUT2D eigenvalue weighted by Crippen LogP contribution is -2.48. The summed E-state index contributed by atoms with van der Waals surface area (Å²) in [5, 5.41) is 0. The van der Waals surface area contributed by atoms with Gasteiger partial charge >= 0.3 is 0 Å². The van der Waals surface area contributed by atoms with E-state index in [4.69, 9.17) is 0 Å². The zero-order valence-corrected chi connectivity index (χ0v) is 10.6. The summed E-state index contributed by atoms with van der Waals surface area (Å²) < 4.78 is 0. The van der Waals surface area contributed by atoms with E-state index in [2.05, 4.69) is 0 Å². The van der Waals surface area contributed by atoms with Crippen LogP contribution in [0.25, 0.3) is 0 Å². The second-order valence-corrected chi connectivity index (χ2v) is 5.10. The molecule has 0 aromatic heterocycles. The van der Waals surface area contributed by atoms with Crippen LogP contribution in [-0.4, -0.2) is 17.7 Å². The largest absolute Gasteiger partial charge is 0.308 e. The summed E-state index contributed by atoms with van der Waals surface area (Å²) in [5.74, 6) is 0.385. The lowest BCUT2D eigenvalue weighted by Gasteiger charge is -2.38. The lowest BCUT2D eigenvalue weighted by molar-refractivity contribution is -0.118. The van der Waals surface area contributed by atoms with Gasteiger partial charge in [0.05, 0.1) is 5.69 Å². The van der Waals surface area contributed by atoms with Gasteiger partial charge in [0.1, 0.15) is 0 Å². The normalized spacial score (nSPS) is 25.8. The number of nitrogens with zero attached hydrogens (tertiary/aromatic N) is 1. The van der Waals surface area contributed by atoms with Crippen LogP contribution in [0.2, 0.25) is 0 Å². The molecule has 94 valence electrons. The Bertz CT molecular complexity index is 509. The fraction of sp³-hybridized carbons (Fsp3) is 0.467. The van der Waals surface area contributed by atoms with Crippen molar-refractivity contribution in [1.82, 2.24) is 0 Å². The Morgan fingerprint density at radius 1 is 1.33 bits per heavy atom. The number of carbonyl (C=O) groups is 2. The first-order valence-electron chi connectivity index (χ1n) is 6.69. The molecule has 3 rings (SSSR count). The Labute approximate surface area is 107 Å². The van der Waals surface area contributed by atoms with E-state index >= 15 is 0 Å². The fourth-order valence-electron chi connectivity index (χ4n) is 3.32. The number of hydrogen-bond donors (Lipinski definition) is 0. The second kappa shape index (κ2) is 4.23. The molecule has 1 saturated carbocycles. The van der Waals surface area contributed by atoms with E-state index in [1.54, 1.807) is 0 Å². The molecule has 18 heavy (non-hydrogen) atoms. The van der Waals surface area contributed by atoms with Crippen molar-refractivity contribution in [1.29, 1.82) is 0 Å². The Morgan fingerprint density at radius 2 is 2.11 bits per heavy atom. The van der Waals surface area contributed by atoms with Crippen LogP contribution in [0.3, 0.4) is 0 Å². The van der Waals surface area contributed by atoms with Gasteiger partial charge in [0.2, 0.25) is 5.91 Å². The molecule has 1 aliphatic carbocycles. The van der Waals surface area contributed by atoms with Crippen LogP contribution in [0.4, 0.5) is 5.69 Å². The van der Waals surface area contributed by atoms with Crippen molar-refractivity contribution < 1.29 is 9.59 Å². The Morgan fingerprint density at radius 3 is 2.89 bits per heavy atom. The summed E-state index contributed by atoms with van der Waals surface area (Å²) in [6, 6.07) is 7.62. The number of benzene rings is 1. The third-order valence-electron chi connectivity index (χ3n) is 4.15. The molecule has 2 aliphatic rings. The van der Waals surface area contributed by atoms with Crippen molar-refractivity contribution in [2.75, 3.05) is 4.90 Å². The van der Waals surface area contributed by atoms with Crippen LogP contribution >= 0.6 is 0 Å². The molecule has 1 amide bonds. The average molecular weight is 243 g/mol. The molecule has 0 saturated heterocycles. The minimum absolute atomic E-state index is 0.0235. The van der Waals surface area contributed by atoms with E-state index in [9.17, 15) is 9.59 Å². The summed E-state index contributed by atoms with van der Waals surface area (Å²) >= 11 is 0. The maximum atomic E-state index is 12.4. The molecule has 2 unspecified atom stereocenters. The van der Waals surface area contributed by atoms with Gasteiger partial charge in [-0.05, 0) is 25.0 Å². The third kappa shape index (κ3) is 1.50. The third-order valence-corrected chi connectivity index (χ3v) is 4.15. The molecular weight excluding hydrogens is 226 g/mol. The second-order valence-electron chi connectivity index (χ2n) is 5.10. The lowest BCUT2D eigenvalue weighted by atomic mass is 9.86. The number of para-hydroxylation sites is 1. The highest BCUT2D eigenvalue weighted by molar-refractivity contribution is 6.10. The number of carbonyl (C=O) groups excluding carboxylic acids is 2. The monoisotopic (exact) mass is 243 g/mol. The Hall–Kier alpha value is -1.64. The predicted molar refractivity (Wildman–Crippen MR) is 69.7 cm³/mol. The molecule has 1 fully saturated rings. The summed E-state index contributed by atoms with van der Waals surface area (Å²) in [5.41, 5.74) is 1.54. The molecule has 1 aliphatic heterocycles. The number of rotatable bonds is 1. The quantitative estimate of drug-likeness (QED) is 0.760. The van der Waals surface area contributed by atoms with Crippen molar-refractivity contribution in [2.45, 2.75) is 38.6 Å². The Balaban J connectivity index is 2.14. The SMILES string of the molecule is CCC(=O)N1c2ccccc2C(=O)C2CCCC21. The van der Waals surface area contributed by atoms with E-state index < -0.39 is 0 Å². The molecule has 0 radical (unpaired) electrons. The van der Waals surface area contributed by atoms with Crippen molar-refractivity contribution in [3.63, 3.8) is 0 Å². The number of ketones is 1. The molecule has 0 N–H and O–H groups in total. The van der Waals surface area contributed by atoms with Gasteiger partial charge in [0.25, 0.3) is 0 Å². The van der Waals surface area contributed by atoms with Gasteiger partial charge < -0.3 is 4.90 Å². The van der Waals surface area contributed by atoms with E-state index in [1.807, 2.05) is 36.1 Å². The first-order valence-corrected chi connectivity index (χ1v) is 6.69. The number of Topliss-reactive ketones (excluding diaryl/α,β-unsaturated/α-hetero) is 1. The van der Waals surface area contributed by atoms with Gasteiger partial charge in [-0.1, -0.05) is 25.5 Å². The van der Waals surface area contributed by atoms with E-state index in [1.165, 1.54) is 0 Å². The number of hydrogen-bond acceptors (Lipinski definition) is 2. The first-order chi connectivity index (χ1) is 8.74. The van der Waals surface area contributed by atoms with Crippen LogP contribution < -0.4 is 4.90 Å². The van der Waals surface area contributed by atoms with Crippen LogP contribution in [-0.2, 0) is 4.79 Å². The minimum atomic E-state index is 0.0235.